The molecule has 0 bridgehead atoms. The summed E-state index contributed by atoms with van der Waals surface area (Å²) in [5, 5.41) is 4.20. The number of halogens is 1. The molecule has 2 aromatic rings. The third kappa shape index (κ3) is 3.14. The Morgan fingerprint density at radius 2 is 1.90 bits per heavy atom. The van der Waals surface area contributed by atoms with Crippen molar-refractivity contribution < 1.29 is 0 Å². The minimum atomic E-state index is 0.721. The second-order valence-corrected chi connectivity index (χ2v) is 6.22. The van der Waals surface area contributed by atoms with Gasteiger partial charge in [-0.3, -0.25) is 0 Å². The maximum absolute atomic E-state index is 6.55. The first kappa shape index (κ1) is 14.6. The Bertz CT molecular complexity index is 617. The standard InChI is InChI=1S/C19H22ClN/c1-2-21-13-14-10-11-18(19(20)12-14)17-9-4-3-8-16(17)15-6-5-7-15/h3-4,8-12,15,21H,2,5-7,13H2,1H3. The van der Waals surface area contributed by atoms with Gasteiger partial charge in [-0.05, 0) is 48.1 Å². The van der Waals surface area contributed by atoms with E-state index in [9.17, 15) is 0 Å². The van der Waals surface area contributed by atoms with Gasteiger partial charge in [0, 0.05) is 17.1 Å². The first-order chi connectivity index (χ1) is 10.3. The van der Waals surface area contributed by atoms with Crippen molar-refractivity contribution in [2.24, 2.45) is 0 Å². The van der Waals surface area contributed by atoms with E-state index < -0.39 is 0 Å². The fourth-order valence-corrected chi connectivity index (χ4v) is 3.28. The number of hydrogen-bond donors (Lipinski definition) is 1. The van der Waals surface area contributed by atoms with E-state index in [0.29, 0.717) is 0 Å². The smallest absolute Gasteiger partial charge is 0.0487 e. The van der Waals surface area contributed by atoms with Crippen LogP contribution < -0.4 is 5.32 Å². The van der Waals surface area contributed by atoms with Crippen molar-refractivity contribution in [3.05, 3.63) is 58.6 Å². The largest absolute Gasteiger partial charge is 0.313 e. The van der Waals surface area contributed by atoms with Gasteiger partial charge >= 0.3 is 0 Å². The summed E-state index contributed by atoms with van der Waals surface area (Å²) in [5.41, 5.74) is 5.18. The monoisotopic (exact) mass is 299 g/mol. The molecule has 1 saturated carbocycles. The Hall–Kier alpha value is -1.31. The molecule has 2 aromatic carbocycles. The molecule has 0 aromatic heterocycles. The van der Waals surface area contributed by atoms with Crippen LogP contribution in [0.2, 0.25) is 5.02 Å². The van der Waals surface area contributed by atoms with Crippen molar-refractivity contribution in [3.8, 4) is 11.1 Å². The first-order valence-corrected chi connectivity index (χ1v) is 8.26. The van der Waals surface area contributed by atoms with Crippen LogP contribution in [0.5, 0.6) is 0 Å². The minimum Gasteiger partial charge on any atom is -0.313 e. The van der Waals surface area contributed by atoms with Gasteiger partial charge < -0.3 is 5.32 Å². The zero-order chi connectivity index (χ0) is 14.7. The first-order valence-electron chi connectivity index (χ1n) is 7.88. The zero-order valence-corrected chi connectivity index (χ0v) is 13.3. The van der Waals surface area contributed by atoms with Gasteiger partial charge in [0.1, 0.15) is 0 Å². The fraction of sp³-hybridized carbons (Fsp3) is 0.368. The number of benzene rings is 2. The van der Waals surface area contributed by atoms with Crippen molar-refractivity contribution in [2.75, 3.05) is 6.54 Å². The molecule has 1 nitrogen and oxygen atoms in total. The van der Waals surface area contributed by atoms with E-state index in [1.54, 1.807) is 0 Å². The third-order valence-electron chi connectivity index (χ3n) is 4.41. The second-order valence-electron chi connectivity index (χ2n) is 5.81. The molecule has 0 amide bonds. The fourth-order valence-electron chi connectivity index (χ4n) is 2.97. The Kier molecular flexibility index (Phi) is 4.62. The molecule has 0 atom stereocenters. The summed E-state index contributed by atoms with van der Waals surface area (Å²) in [5.74, 6) is 0.721. The van der Waals surface area contributed by atoms with Gasteiger partial charge in [0.25, 0.3) is 0 Å². The van der Waals surface area contributed by atoms with E-state index in [0.717, 1.165) is 24.0 Å². The van der Waals surface area contributed by atoms with Crippen LogP contribution in [0, 0.1) is 0 Å². The Labute approximate surface area is 132 Å². The van der Waals surface area contributed by atoms with E-state index in [2.05, 4.69) is 54.7 Å². The summed E-state index contributed by atoms with van der Waals surface area (Å²) >= 11 is 6.55. The maximum atomic E-state index is 6.55. The summed E-state index contributed by atoms with van der Waals surface area (Å²) < 4.78 is 0. The van der Waals surface area contributed by atoms with Gasteiger partial charge in [0.2, 0.25) is 0 Å². The van der Waals surface area contributed by atoms with Crippen LogP contribution in [-0.4, -0.2) is 6.54 Å². The van der Waals surface area contributed by atoms with E-state index in [4.69, 9.17) is 11.6 Å². The molecule has 2 heteroatoms. The number of hydrogen-bond acceptors (Lipinski definition) is 1. The lowest BCUT2D eigenvalue weighted by molar-refractivity contribution is 0.420. The summed E-state index contributed by atoms with van der Waals surface area (Å²) in [6.07, 6.45) is 3.98. The second kappa shape index (κ2) is 6.64. The van der Waals surface area contributed by atoms with Crippen LogP contribution in [0.1, 0.15) is 43.2 Å². The van der Waals surface area contributed by atoms with Gasteiger partial charge in [-0.2, -0.15) is 0 Å². The highest BCUT2D eigenvalue weighted by atomic mass is 35.5. The lowest BCUT2D eigenvalue weighted by Gasteiger charge is -2.28. The summed E-state index contributed by atoms with van der Waals surface area (Å²) in [6, 6.07) is 15.2. The van der Waals surface area contributed by atoms with Crippen molar-refractivity contribution in [1.82, 2.24) is 5.32 Å². The predicted octanol–water partition coefficient (Wildman–Crippen LogP) is 5.38. The van der Waals surface area contributed by atoms with Gasteiger partial charge in [0.05, 0.1) is 0 Å². The lowest BCUT2D eigenvalue weighted by Crippen LogP contribution is -2.12. The normalized spacial score (nSPS) is 15.0. The SMILES string of the molecule is CCNCc1ccc(-c2ccccc2C2CCC2)c(Cl)c1. The van der Waals surface area contributed by atoms with Crippen LogP contribution in [0.15, 0.2) is 42.5 Å². The molecule has 1 aliphatic rings. The highest BCUT2D eigenvalue weighted by Gasteiger charge is 2.22. The van der Waals surface area contributed by atoms with Crippen molar-refractivity contribution in [3.63, 3.8) is 0 Å². The van der Waals surface area contributed by atoms with E-state index in [-0.39, 0.29) is 0 Å². The quantitative estimate of drug-likeness (QED) is 0.781. The molecule has 1 aliphatic carbocycles. The van der Waals surface area contributed by atoms with Crippen LogP contribution in [0.4, 0.5) is 0 Å². The van der Waals surface area contributed by atoms with Gasteiger partial charge in [-0.25, -0.2) is 0 Å². The highest BCUT2D eigenvalue weighted by molar-refractivity contribution is 6.33. The van der Waals surface area contributed by atoms with E-state index >= 15 is 0 Å². The van der Waals surface area contributed by atoms with Crippen LogP contribution >= 0.6 is 11.6 Å². The molecule has 0 spiro atoms. The summed E-state index contributed by atoms with van der Waals surface area (Å²) in [4.78, 5) is 0. The zero-order valence-electron chi connectivity index (χ0n) is 12.5. The van der Waals surface area contributed by atoms with Gasteiger partial charge in [-0.1, -0.05) is 61.3 Å². The highest BCUT2D eigenvalue weighted by Crippen LogP contribution is 2.42. The van der Waals surface area contributed by atoms with Gasteiger partial charge in [0.15, 0.2) is 0 Å². The Morgan fingerprint density at radius 1 is 1.10 bits per heavy atom. The molecule has 0 heterocycles. The average molecular weight is 300 g/mol. The third-order valence-corrected chi connectivity index (χ3v) is 4.72. The molecular formula is C19H22ClN. The topological polar surface area (TPSA) is 12.0 Å². The van der Waals surface area contributed by atoms with Gasteiger partial charge in [-0.15, -0.1) is 0 Å². The molecule has 1 N–H and O–H groups in total. The van der Waals surface area contributed by atoms with E-state index in [1.165, 1.54) is 41.5 Å². The average Bonchev–Trinajstić information content (AvgIpc) is 2.44. The lowest BCUT2D eigenvalue weighted by atomic mass is 9.77. The Morgan fingerprint density at radius 3 is 2.57 bits per heavy atom. The molecular weight excluding hydrogens is 278 g/mol. The molecule has 1 fully saturated rings. The predicted molar refractivity (Wildman–Crippen MR) is 90.9 cm³/mol. The van der Waals surface area contributed by atoms with Crippen LogP contribution in [0.25, 0.3) is 11.1 Å². The summed E-state index contributed by atoms with van der Waals surface area (Å²) in [7, 11) is 0. The molecule has 0 radical (unpaired) electrons. The van der Waals surface area contributed by atoms with Crippen LogP contribution in [0.3, 0.4) is 0 Å². The minimum absolute atomic E-state index is 0.721. The maximum Gasteiger partial charge on any atom is 0.0487 e. The molecule has 110 valence electrons. The van der Waals surface area contributed by atoms with Crippen molar-refractivity contribution in [1.29, 1.82) is 0 Å². The molecule has 3 rings (SSSR count). The van der Waals surface area contributed by atoms with Crippen molar-refractivity contribution >= 4 is 11.6 Å². The summed E-state index contributed by atoms with van der Waals surface area (Å²) in [6.45, 7) is 3.97. The Balaban J connectivity index is 1.93. The molecule has 0 aliphatic heterocycles. The number of rotatable bonds is 5. The number of nitrogens with one attached hydrogen (secondary N) is 1. The van der Waals surface area contributed by atoms with Crippen LogP contribution in [-0.2, 0) is 6.54 Å². The molecule has 21 heavy (non-hydrogen) atoms. The molecule has 0 saturated heterocycles. The van der Waals surface area contributed by atoms with Crippen molar-refractivity contribution in [2.45, 2.75) is 38.6 Å². The molecule has 0 unspecified atom stereocenters. The van der Waals surface area contributed by atoms with E-state index in [1.807, 2.05) is 0 Å².